The van der Waals surface area contributed by atoms with Crippen molar-refractivity contribution in [3.05, 3.63) is 45.7 Å². The molecule has 0 aliphatic carbocycles. The number of methoxy groups -OCH3 is 2. The molecule has 80 heavy (non-hydrogen) atoms. The lowest BCUT2D eigenvalue weighted by atomic mass is 9.74. The minimum absolute atomic E-state index is 0.0380. The Morgan fingerprint density at radius 2 is 1.59 bits per heavy atom. The van der Waals surface area contributed by atoms with Crippen LogP contribution in [0.1, 0.15) is 138 Å². The minimum atomic E-state index is -2.03. The van der Waals surface area contributed by atoms with E-state index in [0.717, 1.165) is 5.56 Å². The molecule has 0 amide bonds. The maximum absolute atomic E-state index is 14.6. The average molecular weight is 1130 g/mol. The Kier molecular flexibility index (Phi) is 23.9. The summed E-state index contributed by atoms with van der Waals surface area (Å²) in [7, 11) is 6.74. The standard InChI is InChI=1S/C60H93N3O17/c1-17-20-28-74-56(70)42-33-63(19-3)43-24-23-40(30-41(43)49(42)66)22-21-26-61-27-25-46(64)78-54-39(9)76-47(32-59(54,11)73-16)79-51-37(7)53(80-57-50(67)44(62(13)14)29-35(5)75-57)58(10,72-15)31-34(4)48(65)36(6)52(68)60(12,71)45(18-2)77-55(69)38(51)8/h23-24,30,33-39,44-45,47,50-54,57,61,67-68,71H,18-19,21-22,25-29,31-32H2,1-16H3/t34-,35+,36-,37+,38+,39-,44-,45-,47-,50-,51-,52+,53+,54+,57-,58+,59-,60+/m0/s1. The summed E-state index contributed by atoms with van der Waals surface area (Å²) in [5.41, 5.74) is -3.34. The van der Waals surface area contributed by atoms with Gasteiger partial charge in [0.1, 0.15) is 34.8 Å². The molecule has 1 aromatic carbocycles. The van der Waals surface area contributed by atoms with E-state index < -0.39 is 119 Å². The molecular weight excluding hydrogens is 1030 g/mol. The number of fused-ring (bicyclic) bond motifs is 1. The molecule has 0 spiro atoms. The number of aliphatic hydroxyl groups excluding tert-OH is 2. The highest BCUT2D eigenvalue weighted by atomic mass is 16.7. The number of carbonyl (C=O) groups is 4. The largest absolute Gasteiger partial charge is 0.459 e. The van der Waals surface area contributed by atoms with Crippen LogP contribution in [0.4, 0.5) is 0 Å². The molecule has 18 atom stereocenters. The zero-order valence-corrected chi connectivity index (χ0v) is 50.2. The first-order valence-corrected chi connectivity index (χ1v) is 28.5. The van der Waals surface area contributed by atoms with E-state index in [1.165, 1.54) is 27.3 Å². The van der Waals surface area contributed by atoms with E-state index in [1.807, 2.05) is 62.5 Å². The molecule has 20 heteroatoms. The number of nitrogens with one attached hydrogen (secondary N) is 1. The van der Waals surface area contributed by atoms with Crippen molar-refractivity contribution in [1.82, 2.24) is 14.8 Å². The van der Waals surface area contributed by atoms with Crippen molar-refractivity contribution in [1.29, 1.82) is 0 Å². The molecule has 1 aromatic heterocycles. The van der Waals surface area contributed by atoms with Crippen LogP contribution in [-0.4, -0.2) is 181 Å². The van der Waals surface area contributed by atoms with Gasteiger partial charge in [0.2, 0.25) is 5.43 Å². The summed E-state index contributed by atoms with van der Waals surface area (Å²) in [6.45, 7) is 21.9. The van der Waals surface area contributed by atoms with Crippen LogP contribution in [-0.2, 0) is 70.0 Å². The molecule has 4 heterocycles. The van der Waals surface area contributed by atoms with E-state index in [9.17, 15) is 39.3 Å². The normalized spacial score (nSPS) is 35.7. The Morgan fingerprint density at radius 3 is 2.21 bits per heavy atom. The third kappa shape index (κ3) is 15.4. The topological polar surface area (TPSA) is 249 Å². The molecule has 0 radical (unpaired) electrons. The molecule has 450 valence electrons. The van der Waals surface area contributed by atoms with E-state index in [1.54, 1.807) is 55.4 Å². The third-order valence-corrected chi connectivity index (χ3v) is 17.0. The average Bonchev–Trinajstić information content (AvgIpc) is 3.47. The number of esters is 3. The first kappa shape index (κ1) is 66.4. The van der Waals surface area contributed by atoms with Gasteiger partial charge in [0.15, 0.2) is 25.3 Å². The first-order valence-electron chi connectivity index (χ1n) is 28.5. The Hall–Kier alpha value is -4.37. The molecule has 3 aliphatic rings. The highest BCUT2D eigenvalue weighted by molar-refractivity contribution is 5.94. The monoisotopic (exact) mass is 1130 g/mol. The Bertz CT molecular complexity index is 2540. The van der Waals surface area contributed by atoms with Gasteiger partial charge < -0.3 is 72.7 Å². The van der Waals surface area contributed by atoms with Gasteiger partial charge in [-0.25, -0.2) is 4.79 Å². The number of likely N-dealkylation sites (N-methyl/N-ethyl adjacent to an activating group) is 1. The van der Waals surface area contributed by atoms with Crippen LogP contribution in [0, 0.1) is 35.5 Å². The van der Waals surface area contributed by atoms with Gasteiger partial charge in [0.05, 0.1) is 54.0 Å². The highest BCUT2D eigenvalue weighted by Gasteiger charge is 2.55. The number of ketones is 1. The molecule has 20 nitrogen and oxygen atoms in total. The fourth-order valence-corrected chi connectivity index (χ4v) is 12.0. The summed E-state index contributed by atoms with van der Waals surface area (Å²) in [4.78, 5) is 70.5. The molecule has 5 rings (SSSR count). The van der Waals surface area contributed by atoms with Gasteiger partial charge in [-0.3, -0.25) is 19.2 Å². The van der Waals surface area contributed by atoms with Crippen LogP contribution in [0.5, 0.6) is 0 Å². The van der Waals surface area contributed by atoms with E-state index in [2.05, 4.69) is 17.2 Å². The van der Waals surface area contributed by atoms with Gasteiger partial charge in [0, 0.05) is 69.1 Å². The van der Waals surface area contributed by atoms with Crippen molar-refractivity contribution in [3.63, 3.8) is 0 Å². The fraction of sp³-hybridized carbons (Fsp3) is 0.750. The highest BCUT2D eigenvalue weighted by Crippen LogP contribution is 2.42. The summed E-state index contributed by atoms with van der Waals surface area (Å²) in [6, 6.07) is 5.32. The van der Waals surface area contributed by atoms with Crippen molar-refractivity contribution in [3.8, 4) is 11.8 Å². The fourth-order valence-electron chi connectivity index (χ4n) is 12.0. The van der Waals surface area contributed by atoms with Gasteiger partial charge >= 0.3 is 17.9 Å². The van der Waals surface area contributed by atoms with Gasteiger partial charge in [-0.15, -0.1) is 5.92 Å². The molecule has 0 saturated carbocycles. The zero-order chi connectivity index (χ0) is 59.6. The second-order valence-electron chi connectivity index (χ2n) is 23.2. The van der Waals surface area contributed by atoms with Crippen molar-refractivity contribution in [2.24, 2.45) is 23.7 Å². The summed E-state index contributed by atoms with van der Waals surface area (Å²) in [6.07, 6.45) is -6.70. The Morgan fingerprint density at radius 1 is 0.912 bits per heavy atom. The Labute approximate surface area is 473 Å². The predicted molar refractivity (Wildman–Crippen MR) is 298 cm³/mol. The van der Waals surface area contributed by atoms with Gasteiger partial charge in [-0.05, 0) is 126 Å². The van der Waals surface area contributed by atoms with Crippen molar-refractivity contribution in [2.75, 3.05) is 48.0 Å². The summed E-state index contributed by atoms with van der Waals surface area (Å²) in [5.74, 6) is -0.697. The summed E-state index contributed by atoms with van der Waals surface area (Å²) < 4.78 is 58.5. The number of hydrogen-bond acceptors (Lipinski definition) is 19. The maximum atomic E-state index is 14.6. The number of hydrogen-bond donors (Lipinski definition) is 4. The zero-order valence-electron chi connectivity index (χ0n) is 50.2. The molecule has 3 aliphatic heterocycles. The summed E-state index contributed by atoms with van der Waals surface area (Å²) in [5, 5.41) is 39.0. The lowest BCUT2D eigenvalue weighted by Gasteiger charge is -2.50. The molecular formula is C60H93N3O17. The van der Waals surface area contributed by atoms with Crippen LogP contribution < -0.4 is 10.7 Å². The van der Waals surface area contributed by atoms with Gasteiger partial charge in [0.25, 0.3) is 0 Å². The number of nitrogens with zero attached hydrogens (tertiary/aromatic N) is 2. The lowest BCUT2D eigenvalue weighted by Crippen LogP contribution is -2.61. The van der Waals surface area contributed by atoms with Crippen molar-refractivity contribution in [2.45, 2.75) is 219 Å². The van der Waals surface area contributed by atoms with Crippen LogP contribution in [0.25, 0.3) is 10.9 Å². The van der Waals surface area contributed by atoms with E-state index in [4.69, 9.17) is 42.6 Å². The maximum Gasteiger partial charge on any atom is 0.344 e. The van der Waals surface area contributed by atoms with Crippen LogP contribution in [0.2, 0.25) is 0 Å². The summed E-state index contributed by atoms with van der Waals surface area (Å²) >= 11 is 0. The predicted octanol–water partition coefficient (Wildman–Crippen LogP) is 5.12. The number of cyclic esters (lactones) is 1. The smallest absolute Gasteiger partial charge is 0.344 e. The van der Waals surface area contributed by atoms with Crippen molar-refractivity contribution >= 4 is 34.6 Å². The number of pyridine rings is 1. The van der Waals surface area contributed by atoms with Crippen molar-refractivity contribution < 1.29 is 77.1 Å². The second kappa shape index (κ2) is 28.7. The third-order valence-electron chi connectivity index (χ3n) is 17.0. The number of aryl methyl sites for hydroxylation is 2. The molecule has 0 unspecified atom stereocenters. The number of benzene rings is 1. The molecule has 3 fully saturated rings. The Balaban J connectivity index is 1.33. The minimum Gasteiger partial charge on any atom is -0.459 e. The number of aliphatic hydroxyl groups is 3. The number of aromatic nitrogens is 1. The molecule has 3 saturated heterocycles. The molecule has 2 aromatic rings. The number of rotatable bonds is 19. The van der Waals surface area contributed by atoms with Gasteiger partial charge in [-0.2, -0.15) is 0 Å². The SMILES string of the molecule is CC#CCOC(=O)c1cn(CC)c2ccc(CCCNCCC(=O)O[C@@H]3[C@H](C)O[C@@H](O[C@H]4[C@@H](C)[C@@H](O[C@@H]5O[C@H](C)C[C@H](N(C)C)[C@@H]5O)[C@](C)(OC)C[C@H](C)C(=O)[C@H](C)[C@@H](O)[C@](C)(O)[C@H](CC)OC(=O)[C@@H]4C)C[C@]3(C)OC)cc2c1=O. The van der Waals surface area contributed by atoms with E-state index in [-0.39, 0.29) is 55.8 Å². The second-order valence-corrected chi connectivity index (χ2v) is 23.2. The lowest BCUT2D eigenvalue weighted by molar-refractivity contribution is -0.320. The first-order chi connectivity index (χ1) is 37.6. The van der Waals surface area contributed by atoms with Crippen LogP contribution in [0.3, 0.4) is 0 Å². The van der Waals surface area contributed by atoms with E-state index >= 15 is 0 Å². The van der Waals surface area contributed by atoms with E-state index in [0.29, 0.717) is 49.8 Å². The number of Topliss-reactive ketones (excluding diaryl/α,β-unsaturated/α-hetero) is 1. The van der Waals surface area contributed by atoms with Crippen LogP contribution >= 0.6 is 0 Å². The molecule has 4 N–H and O–H groups in total. The quantitative estimate of drug-likeness (QED) is 0.0617. The molecule has 0 bridgehead atoms. The van der Waals surface area contributed by atoms with Gasteiger partial charge in [-0.1, -0.05) is 39.7 Å². The number of ether oxygens (including phenoxy) is 9. The number of carbonyl (C=O) groups excluding carboxylic acids is 4. The van der Waals surface area contributed by atoms with Crippen LogP contribution in [0.15, 0.2) is 29.2 Å².